The quantitative estimate of drug-likeness (QED) is 0.348. The molecule has 0 aromatic heterocycles. The van der Waals surface area contributed by atoms with Gasteiger partial charge >= 0.3 is 8.69 Å². The first-order valence-corrected chi connectivity index (χ1v) is 6.06. The second-order valence-electron chi connectivity index (χ2n) is 3.44. The zero-order chi connectivity index (χ0) is 9.94. The molecule has 84 valence electrons. The zero-order valence-electron chi connectivity index (χ0n) is 8.79. The lowest BCUT2D eigenvalue weighted by Gasteiger charge is -2.12. The van der Waals surface area contributed by atoms with Crippen molar-refractivity contribution in [2.45, 2.75) is 64.9 Å². The summed E-state index contributed by atoms with van der Waals surface area (Å²) < 4.78 is 15.4. The maximum atomic E-state index is 10.3. The maximum absolute atomic E-state index is 10.3. The van der Waals surface area contributed by atoms with Gasteiger partial charge in [-0.15, -0.1) is 0 Å². The number of hydrogen-bond donors (Lipinski definition) is 0. The van der Waals surface area contributed by atoms with E-state index in [1.54, 1.807) is 0 Å². The Labute approximate surface area is 100 Å². The van der Waals surface area contributed by atoms with Crippen molar-refractivity contribution < 1.29 is 9.09 Å². The third kappa shape index (κ3) is 10.7. The van der Waals surface area contributed by atoms with E-state index in [9.17, 15) is 4.57 Å². The van der Waals surface area contributed by atoms with Gasteiger partial charge in [0, 0.05) is 0 Å². The summed E-state index contributed by atoms with van der Waals surface area (Å²) >= 11 is 0. The Morgan fingerprint density at radius 3 is 2.14 bits per heavy atom. The zero-order valence-corrected chi connectivity index (χ0v) is 9.69. The van der Waals surface area contributed by atoms with Gasteiger partial charge in [-0.05, 0) is 12.8 Å². The molecule has 14 heavy (non-hydrogen) atoms. The van der Waals surface area contributed by atoms with Crippen molar-refractivity contribution >= 4 is 26.0 Å². The van der Waals surface area contributed by atoms with Crippen LogP contribution in [0.5, 0.6) is 0 Å². The van der Waals surface area contributed by atoms with Crippen LogP contribution in [-0.4, -0.2) is 23.5 Å². The summed E-state index contributed by atoms with van der Waals surface area (Å²) in [5.74, 6) is 0. The van der Waals surface area contributed by atoms with Crippen molar-refractivity contribution in [1.82, 2.24) is 0 Å². The van der Waals surface area contributed by atoms with Crippen LogP contribution in [0.15, 0.2) is 0 Å². The highest BCUT2D eigenvalue weighted by molar-refractivity contribution is 7.17. The van der Waals surface area contributed by atoms with Gasteiger partial charge in [-0.1, -0.05) is 46.0 Å². The van der Waals surface area contributed by atoms with Gasteiger partial charge in [-0.25, -0.2) is 4.57 Å². The van der Waals surface area contributed by atoms with Crippen LogP contribution in [0.3, 0.4) is 0 Å². The average Bonchev–Trinajstić information content (AvgIpc) is 2.14. The summed E-state index contributed by atoms with van der Waals surface area (Å²) in [7, 11) is -0.160. The third-order valence-electron chi connectivity index (χ3n) is 2.20. The first-order valence-electron chi connectivity index (χ1n) is 5.33. The van der Waals surface area contributed by atoms with E-state index >= 15 is 0 Å². The highest BCUT2D eigenvalue weighted by Crippen LogP contribution is 2.17. The van der Waals surface area contributed by atoms with Crippen molar-refractivity contribution in [2.75, 3.05) is 0 Å². The SMILES string of the molecule is CCCCCC(CCCC)OP=O.[AlH3]. The monoisotopic (exact) mass is 234 g/mol. The smallest absolute Gasteiger partial charge is 0.291 e. The molecule has 0 N–H and O–H groups in total. The molecule has 0 aromatic rings. The van der Waals surface area contributed by atoms with E-state index in [0.717, 1.165) is 12.8 Å². The van der Waals surface area contributed by atoms with Gasteiger partial charge in [0.1, 0.15) is 0 Å². The lowest BCUT2D eigenvalue weighted by atomic mass is 10.1. The van der Waals surface area contributed by atoms with Crippen LogP contribution in [0, 0.1) is 0 Å². The minimum absolute atomic E-state index is 0. The fourth-order valence-corrected chi connectivity index (χ4v) is 1.70. The van der Waals surface area contributed by atoms with Crippen LogP contribution in [0.2, 0.25) is 0 Å². The summed E-state index contributed by atoms with van der Waals surface area (Å²) in [6.07, 6.45) is 8.36. The Balaban J connectivity index is 0. The van der Waals surface area contributed by atoms with Crippen LogP contribution in [0.25, 0.3) is 0 Å². The Kier molecular flexibility index (Phi) is 16.5. The fourth-order valence-electron chi connectivity index (χ4n) is 1.36. The Bertz CT molecular complexity index is 123. The molecule has 0 amide bonds. The molecule has 0 bridgehead atoms. The van der Waals surface area contributed by atoms with Crippen molar-refractivity contribution in [2.24, 2.45) is 0 Å². The van der Waals surface area contributed by atoms with E-state index in [4.69, 9.17) is 4.52 Å². The molecular weight excluding hydrogens is 210 g/mol. The van der Waals surface area contributed by atoms with E-state index in [1.807, 2.05) is 0 Å². The molecule has 0 radical (unpaired) electrons. The van der Waals surface area contributed by atoms with Crippen LogP contribution < -0.4 is 0 Å². The van der Waals surface area contributed by atoms with Crippen molar-refractivity contribution in [3.63, 3.8) is 0 Å². The van der Waals surface area contributed by atoms with E-state index in [0.29, 0.717) is 0 Å². The first-order chi connectivity index (χ1) is 6.35. The molecule has 0 rings (SSSR count). The summed E-state index contributed by atoms with van der Waals surface area (Å²) in [4.78, 5) is 0. The van der Waals surface area contributed by atoms with E-state index in [2.05, 4.69) is 13.8 Å². The second-order valence-corrected chi connectivity index (χ2v) is 3.80. The van der Waals surface area contributed by atoms with Gasteiger partial charge in [-0.2, -0.15) is 0 Å². The maximum Gasteiger partial charge on any atom is 0.327 e. The molecule has 0 aliphatic heterocycles. The van der Waals surface area contributed by atoms with Crippen LogP contribution >= 0.6 is 8.69 Å². The van der Waals surface area contributed by atoms with Gasteiger partial charge in [0.25, 0.3) is 0 Å². The lowest BCUT2D eigenvalue weighted by Crippen LogP contribution is -2.07. The summed E-state index contributed by atoms with van der Waals surface area (Å²) in [6.45, 7) is 4.35. The van der Waals surface area contributed by atoms with Crippen LogP contribution in [0.1, 0.15) is 58.8 Å². The molecular formula is C10H24AlO2P. The summed E-state index contributed by atoms with van der Waals surface area (Å²) in [6, 6.07) is 0. The standard InChI is InChI=1S/C10H21O2P.Al.3H/c1-3-5-7-9-10(12-13-11)8-6-4-2;;;;/h10H,3-9H2,1-2H3;;;;. The predicted molar refractivity (Wildman–Crippen MR) is 66.1 cm³/mol. The van der Waals surface area contributed by atoms with Gasteiger partial charge in [0.2, 0.25) is 0 Å². The molecule has 0 aliphatic rings. The highest BCUT2D eigenvalue weighted by atomic mass is 31.1. The van der Waals surface area contributed by atoms with E-state index in [1.165, 1.54) is 32.1 Å². The van der Waals surface area contributed by atoms with Gasteiger partial charge in [0.05, 0.1) is 6.10 Å². The van der Waals surface area contributed by atoms with Gasteiger partial charge < -0.3 is 0 Å². The Morgan fingerprint density at radius 1 is 1.07 bits per heavy atom. The summed E-state index contributed by atoms with van der Waals surface area (Å²) in [5.41, 5.74) is 0. The summed E-state index contributed by atoms with van der Waals surface area (Å²) in [5, 5.41) is 0. The molecule has 2 nitrogen and oxygen atoms in total. The first kappa shape index (κ1) is 17.0. The topological polar surface area (TPSA) is 26.3 Å². The van der Waals surface area contributed by atoms with E-state index < -0.39 is 0 Å². The lowest BCUT2D eigenvalue weighted by molar-refractivity contribution is 0.193. The highest BCUT2D eigenvalue weighted by Gasteiger charge is 2.07. The van der Waals surface area contributed by atoms with Gasteiger partial charge in [-0.3, -0.25) is 4.52 Å². The molecule has 0 aliphatic carbocycles. The minimum Gasteiger partial charge on any atom is -0.291 e. The molecule has 1 unspecified atom stereocenters. The normalized spacial score (nSPS) is 12.4. The van der Waals surface area contributed by atoms with E-state index in [-0.39, 0.29) is 32.2 Å². The largest absolute Gasteiger partial charge is 0.327 e. The minimum atomic E-state index is -0.160. The van der Waals surface area contributed by atoms with Crippen LogP contribution in [0.4, 0.5) is 0 Å². The Morgan fingerprint density at radius 2 is 1.64 bits per heavy atom. The van der Waals surface area contributed by atoms with Crippen LogP contribution in [-0.2, 0) is 9.09 Å². The van der Waals surface area contributed by atoms with Crippen molar-refractivity contribution in [1.29, 1.82) is 0 Å². The number of rotatable bonds is 9. The van der Waals surface area contributed by atoms with Crippen molar-refractivity contribution in [3.05, 3.63) is 0 Å². The Hall–Kier alpha value is 0.592. The molecule has 0 aromatic carbocycles. The number of hydrogen-bond acceptors (Lipinski definition) is 2. The molecule has 0 spiro atoms. The molecule has 0 heterocycles. The van der Waals surface area contributed by atoms with Gasteiger partial charge in [0.15, 0.2) is 17.4 Å². The number of unbranched alkanes of at least 4 members (excludes halogenated alkanes) is 3. The molecule has 4 heteroatoms. The molecule has 1 atom stereocenters. The molecule has 0 saturated carbocycles. The molecule has 0 fully saturated rings. The molecule has 0 saturated heterocycles. The van der Waals surface area contributed by atoms with Crippen molar-refractivity contribution in [3.8, 4) is 0 Å². The fraction of sp³-hybridized carbons (Fsp3) is 1.00. The predicted octanol–water partition coefficient (Wildman–Crippen LogP) is 3.16. The second kappa shape index (κ2) is 13.6. The third-order valence-corrected chi connectivity index (χ3v) is 2.59. The average molecular weight is 234 g/mol.